The van der Waals surface area contributed by atoms with Crippen molar-refractivity contribution in [3.05, 3.63) is 41.0 Å². The molecular formula is C31H44N4O5S. The molecule has 0 bridgehead atoms. The van der Waals surface area contributed by atoms with E-state index in [1.165, 1.54) is 4.90 Å². The third-order valence-corrected chi connectivity index (χ3v) is 8.51. The van der Waals surface area contributed by atoms with E-state index in [1.54, 1.807) is 11.3 Å². The lowest BCUT2D eigenvalue weighted by molar-refractivity contribution is -0.144. The van der Waals surface area contributed by atoms with Gasteiger partial charge < -0.3 is 25.4 Å². The van der Waals surface area contributed by atoms with Crippen molar-refractivity contribution in [1.82, 2.24) is 20.5 Å². The minimum absolute atomic E-state index is 0.0351. The first-order valence-electron chi connectivity index (χ1n) is 14.4. The third-order valence-electron chi connectivity index (χ3n) is 7.54. The molecule has 0 spiro atoms. The van der Waals surface area contributed by atoms with Crippen LogP contribution in [-0.2, 0) is 19.2 Å². The number of β-amino-alcohol motifs (C(OH)–C–C–N with tert-alkyl or cyclic N) is 1. The average molecular weight is 585 g/mol. The largest absolute Gasteiger partial charge is 0.391 e. The fourth-order valence-corrected chi connectivity index (χ4v) is 5.93. The standard InChI is InChI=1S/C31H44N4O5S/c1-20(22-12-14-23(15-13-22)27-21(2)32-19-41-27)33-29(39)25-17-24(37)18-35(25)30(40)28(31(3,4)5)34-26(38)11-9-7-6-8-10-16-36/h12-16,19-20,24-25,28,37H,6-11,17-18H2,1-5H3,(H,33,39)(H,34,38)/t20-,24+,25-,28+/m0/s1. The lowest BCUT2D eigenvalue weighted by atomic mass is 9.85. The van der Waals surface area contributed by atoms with Gasteiger partial charge in [-0.3, -0.25) is 14.4 Å². The molecule has 3 rings (SSSR count). The van der Waals surface area contributed by atoms with Gasteiger partial charge in [0, 0.05) is 25.8 Å². The Balaban J connectivity index is 1.63. The molecule has 2 heterocycles. The lowest BCUT2D eigenvalue weighted by Crippen LogP contribution is -2.57. The Morgan fingerprint density at radius 2 is 1.80 bits per heavy atom. The zero-order valence-electron chi connectivity index (χ0n) is 24.8. The van der Waals surface area contributed by atoms with Gasteiger partial charge in [0.25, 0.3) is 0 Å². The molecule has 9 nitrogen and oxygen atoms in total. The van der Waals surface area contributed by atoms with Crippen LogP contribution in [0.3, 0.4) is 0 Å². The van der Waals surface area contributed by atoms with Crippen LogP contribution in [0, 0.1) is 12.3 Å². The summed E-state index contributed by atoms with van der Waals surface area (Å²) in [4.78, 5) is 57.2. The molecule has 3 amide bonds. The van der Waals surface area contributed by atoms with Crippen LogP contribution in [0.5, 0.6) is 0 Å². The lowest BCUT2D eigenvalue weighted by Gasteiger charge is -2.35. The van der Waals surface area contributed by atoms with Gasteiger partial charge in [0.2, 0.25) is 17.7 Å². The molecule has 1 aromatic heterocycles. The van der Waals surface area contributed by atoms with Crippen LogP contribution in [0.1, 0.15) is 89.9 Å². The summed E-state index contributed by atoms with van der Waals surface area (Å²) in [7, 11) is 0. The molecule has 0 aliphatic carbocycles. The maximum Gasteiger partial charge on any atom is 0.246 e. The van der Waals surface area contributed by atoms with E-state index in [0.717, 1.165) is 47.2 Å². The van der Waals surface area contributed by atoms with Crippen molar-refractivity contribution >= 4 is 35.3 Å². The Morgan fingerprint density at radius 3 is 2.41 bits per heavy atom. The quantitative estimate of drug-likeness (QED) is 0.238. The van der Waals surface area contributed by atoms with Crippen molar-refractivity contribution in [2.45, 2.75) is 104 Å². The van der Waals surface area contributed by atoms with E-state index in [9.17, 15) is 24.3 Å². The minimum atomic E-state index is -0.842. The predicted molar refractivity (Wildman–Crippen MR) is 160 cm³/mol. The molecule has 4 atom stereocenters. The number of hydrogen-bond donors (Lipinski definition) is 3. The molecular weight excluding hydrogens is 540 g/mol. The molecule has 0 unspecified atom stereocenters. The topological polar surface area (TPSA) is 129 Å². The molecule has 3 N–H and O–H groups in total. The number of aryl methyl sites for hydroxylation is 1. The van der Waals surface area contributed by atoms with E-state index in [4.69, 9.17) is 0 Å². The van der Waals surface area contributed by atoms with Gasteiger partial charge >= 0.3 is 0 Å². The molecule has 1 fully saturated rings. The Labute approximate surface area is 247 Å². The number of nitrogens with one attached hydrogen (secondary N) is 2. The number of aliphatic hydroxyl groups is 1. The number of nitrogens with zero attached hydrogens (tertiary/aromatic N) is 2. The second-order valence-electron chi connectivity index (χ2n) is 12.0. The van der Waals surface area contributed by atoms with Crippen LogP contribution >= 0.6 is 11.3 Å². The highest BCUT2D eigenvalue weighted by Crippen LogP contribution is 2.29. The Hall–Kier alpha value is -3.11. The summed E-state index contributed by atoms with van der Waals surface area (Å²) in [6, 6.07) is 5.98. The Kier molecular flexibility index (Phi) is 11.6. The van der Waals surface area contributed by atoms with E-state index < -0.39 is 23.6 Å². The maximum absolute atomic E-state index is 13.8. The second kappa shape index (κ2) is 14.7. The SMILES string of the molecule is Cc1ncsc1-c1ccc([C@H](C)NC(=O)[C@@H]2C[C@@H](O)CN2C(=O)[C@@H](NC(=O)CCCCCCC=O)C(C)(C)C)cc1. The van der Waals surface area contributed by atoms with Crippen LogP contribution < -0.4 is 10.6 Å². The number of hydrogen-bond acceptors (Lipinski definition) is 7. The van der Waals surface area contributed by atoms with E-state index in [1.807, 2.05) is 64.4 Å². The zero-order valence-corrected chi connectivity index (χ0v) is 25.6. The molecule has 1 aromatic carbocycles. The number of aromatic nitrogens is 1. The number of carbonyl (C=O) groups excluding carboxylic acids is 4. The van der Waals surface area contributed by atoms with Crippen LogP contribution in [-0.4, -0.2) is 63.7 Å². The first-order valence-corrected chi connectivity index (χ1v) is 15.3. The highest BCUT2D eigenvalue weighted by atomic mass is 32.1. The summed E-state index contributed by atoms with van der Waals surface area (Å²) < 4.78 is 0. The molecule has 1 aliphatic rings. The molecule has 0 saturated carbocycles. The van der Waals surface area contributed by atoms with Gasteiger partial charge in [-0.15, -0.1) is 11.3 Å². The van der Waals surface area contributed by atoms with Crippen molar-refractivity contribution < 1.29 is 24.3 Å². The van der Waals surface area contributed by atoms with E-state index in [0.29, 0.717) is 12.8 Å². The van der Waals surface area contributed by atoms with Gasteiger partial charge in [-0.25, -0.2) is 4.98 Å². The van der Waals surface area contributed by atoms with Gasteiger partial charge in [-0.2, -0.15) is 0 Å². The van der Waals surface area contributed by atoms with Gasteiger partial charge in [-0.05, 0) is 43.2 Å². The van der Waals surface area contributed by atoms with Crippen molar-refractivity contribution in [2.24, 2.45) is 5.41 Å². The van der Waals surface area contributed by atoms with Crippen molar-refractivity contribution in [2.75, 3.05) is 6.54 Å². The van der Waals surface area contributed by atoms with Crippen LogP contribution in [0.4, 0.5) is 0 Å². The van der Waals surface area contributed by atoms with Gasteiger partial charge in [0.15, 0.2) is 0 Å². The van der Waals surface area contributed by atoms with Gasteiger partial charge in [0.05, 0.1) is 28.2 Å². The minimum Gasteiger partial charge on any atom is -0.391 e. The Morgan fingerprint density at radius 1 is 1.12 bits per heavy atom. The van der Waals surface area contributed by atoms with Crippen LogP contribution in [0.2, 0.25) is 0 Å². The third kappa shape index (κ3) is 8.94. The molecule has 1 aliphatic heterocycles. The second-order valence-corrected chi connectivity index (χ2v) is 12.9. The zero-order chi connectivity index (χ0) is 30.2. The smallest absolute Gasteiger partial charge is 0.246 e. The monoisotopic (exact) mass is 584 g/mol. The first kappa shape index (κ1) is 32.4. The fourth-order valence-electron chi connectivity index (χ4n) is 5.12. The molecule has 1 saturated heterocycles. The van der Waals surface area contributed by atoms with Crippen molar-refractivity contribution in [3.63, 3.8) is 0 Å². The fraction of sp³-hybridized carbons (Fsp3) is 0.581. The predicted octanol–water partition coefficient (Wildman–Crippen LogP) is 4.33. The summed E-state index contributed by atoms with van der Waals surface area (Å²) in [5.41, 5.74) is 4.18. The summed E-state index contributed by atoms with van der Waals surface area (Å²) in [6.45, 7) is 9.51. The summed E-state index contributed by atoms with van der Waals surface area (Å²) in [6.07, 6.45) is 4.23. The normalized spacial score (nSPS) is 18.5. The average Bonchev–Trinajstić information content (AvgIpc) is 3.53. The van der Waals surface area contributed by atoms with Crippen LogP contribution in [0.25, 0.3) is 10.4 Å². The first-order chi connectivity index (χ1) is 19.4. The molecule has 41 heavy (non-hydrogen) atoms. The summed E-state index contributed by atoms with van der Waals surface area (Å²) in [5.74, 6) is -0.926. The van der Waals surface area contributed by atoms with E-state index >= 15 is 0 Å². The maximum atomic E-state index is 13.8. The number of aliphatic hydroxyl groups excluding tert-OH is 1. The Bertz CT molecular complexity index is 1190. The van der Waals surface area contributed by atoms with Gasteiger partial charge in [-0.1, -0.05) is 57.9 Å². The number of rotatable bonds is 13. The van der Waals surface area contributed by atoms with Crippen molar-refractivity contribution in [3.8, 4) is 10.4 Å². The van der Waals surface area contributed by atoms with Crippen molar-refractivity contribution in [1.29, 1.82) is 0 Å². The molecule has 0 radical (unpaired) electrons. The summed E-state index contributed by atoms with van der Waals surface area (Å²) in [5, 5.41) is 16.4. The number of carbonyl (C=O) groups is 4. The number of benzene rings is 1. The highest BCUT2D eigenvalue weighted by molar-refractivity contribution is 7.13. The number of unbranched alkanes of at least 4 members (excludes halogenated alkanes) is 4. The molecule has 10 heteroatoms. The number of aldehydes is 1. The van der Waals surface area contributed by atoms with Gasteiger partial charge in [0.1, 0.15) is 18.4 Å². The van der Waals surface area contributed by atoms with E-state index in [2.05, 4.69) is 15.6 Å². The molecule has 2 aromatic rings. The number of thiazole rings is 1. The summed E-state index contributed by atoms with van der Waals surface area (Å²) >= 11 is 1.58. The highest BCUT2D eigenvalue weighted by Gasteiger charge is 2.44. The number of likely N-dealkylation sites (tertiary alicyclic amines) is 1. The van der Waals surface area contributed by atoms with Crippen LogP contribution in [0.15, 0.2) is 29.8 Å². The number of amides is 3. The van der Waals surface area contributed by atoms with E-state index in [-0.39, 0.29) is 43.1 Å². The molecule has 224 valence electrons.